The van der Waals surface area contributed by atoms with E-state index < -0.39 is 0 Å². The molecular weight excluding hydrogens is 335 g/mol. The van der Waals surface area contributed by atoms with Gasteiger partial charge in [0.25, 0.3) is 0 Å². The molecule has 1 aliphatic rings. The summed E-state index contributed by atoms with van der Waals surface area (Å²) in [5.74, 6) is -0.00750. The normalized spacial score (nSPS) is 17.9. The van der Waals surface area contributed by atoms with Crippen LogP contribution in [-0.4, -0.2) is 38.3 Å². The van der Waals surface area contributed by atoms with Gasteiger partial charge in [-0.2, -0.15) is 0 Å². The molecule has 2 rings (SSSR count). The predicted molar refractivity (Wildman–Crippen MR) is 87.7 cm³/mol. The number of ether oxygens (including phenoxy) is 1. The topological polar surface area (TPSA) is 50.4 Å². The molecule has 0 aliphatic carbocycles. The number of morpholine rings is 1. The van der Waals surface area contributed by atoms with Crippen LogP contribution in [0.3, 0.4) is 0 Å². The van der Waals surface area contributed by atoms with Crippen LogP contribution in [0.25, 0.3) is 0 Å². The summed E-state index contributed by atoms with van der Waals surface area (Å²) in [7, 11) is 0. The number of hydrogen-bond acceptors (Lipinski definition) is 3. The molecule has 4 nitrogen and oxygen atoms in total. The lowest BCUT2D eigenvalue weighted by Gasteiger charge is -2.22. The summed E-state index contributed by atoms with van der Waals surface area (Å²) in [5, 5.41) is 7.33. The Morgan fingerprint density at radius 2 is 2.24 bits per heavy atom. The summed E-state index contributed by atoms with van der Waals surface area (Å²) in [6, 6.07) is 5.25. The van der Waals surface area contributed by atoms with Gasteiger partial charge in [-0.3, -0.25) is 4.79 Å². The summed E-state index contributed by atoms with van der Waals surface area (Å²) in [6.45, 7) is 2.45. The molecule has 0 radical (unpaired) electrons. The fraction of sp³-hybridized carbons (Fsp3) is 0.500. The van der Waals surface area contributed by atoms with E-state index in [1.807, 2.05) is 12.1 Å². The Hall–Kier alpha value is -0.520. The summed E-state index contributed by atoms with van der Waals surface area (Å²) in [6.07, 6.45) is 1.64. The monoisotopic (exact) mass is 352 g/mol. The number of rotatable bonds is 5. The summed E-state index contributed by atoms with van der Waals surface area (Å²) >= 11 is 11.9. The second-order valence-electron chi connectivity index (χ2n) is 4.71. The first-order valence-electron chi connectivity index (χ1n) is 6.69. The van der Waals surface area contributed by atoms with E-state index in [2.05, 4.69) is 10.6 Å². The SMILES string of the molecule is Cl.O=C(NCCCc1ccc(Cl)cc1Cl)C1COCCN1. The van der Waals surface area contributed by atoms with Gasteiger partial charge in [0.05, 0.1) is 13.2 Å². The van der Waals surface area contributed by atoms with Crippen molar-refractivity contribution in [3.8, 4) is 0 Å². The van der Waals surface area contributed by atoms with Crippen molar-refractivity contribution >= 4 is 41.5 Å². The zero-order valence-corrected chi connectivity index (χ0v) is 13.9. The van der Waals surface area contributed by atoms with E-state index in [0.717, 1.165) is 24.9 Å². The Bertz CT molecular complexity index is 466. The fourth-order valence-electron chi connectivity index (χ4n) is 2.07. The maximum atomic E-state index is 11.8. The molecule has 1 amide bonds. The number of carbonyl (C=O) groups excluding carboxylic acids is 1. The van der Waals surface area contributed by atoms with Gasteiger partial charge in [-0.1, -0.05) is 29.3 Å². The minimum absolute atomic E-state index is 0. The van der Waals surface area contributed by atoms with E-state index in [-0.39, 0.29) is 24.4 Å². The van der Waals surface area contributed by atoms with E-state index >= 15 is 0 Å². The van der Waals surface area contributed by atoms with Crippen LogP contribution < -0.4 is 10.6 Å². The highest BCUT2D eigenvalue weighted by Gasteiger charge is 2.20. The molecule has 7 heteroatoms. The maximum Gasteiger partial charge on any atom is 0.239 e. The summed E-state index contributed by atoms with van der Waals surface area (Å²) in [5.41, 5.74) is 1.05. The van der Waals surface area contributed by atoms with Crippen molar-refractivity contribution in [2.24, 2.45) is 0 Å². The second-order valence-corrected chi connectivity index (χ2v) is 5.56. The van der Waals surface area contributed by atoms with Gasteiger partial charge in [-0.05, 0) is 30.5 Å². The van der Waals surface area contributed by atoms with Crippen molar-refractivity contribution in [1.82, 2.24) is 10.6 Å². The fourth-order valence-corrected chi connectivity index (χ4v) is 2.57. The van der Waals surface area contributed by atoms with Gasteiger partial charge in [-0.15, -0.1) is 12.4 Å². The first kappa shape index (κ1) is 18.5. The van der Waals surface area contributed by atoms with Crippen LogP contribution >= 0.6 is 35.6 Å². The van der Waals surface area contributed by atoms with E-state index in [1.165, 1.54) is 0 Å². The lowest BCUT2D eigenvalue weighted by atomic mass is 10.1. The third-order valence-electron chi connectivity index (χ3n) is 3.18. The van der Waals surface area contributed by atoms with Crippen LogP contribution in [0.4, 0.5) is 0 Å². The van der Waals surface area contributed by atoms with Gasteiger partial charge in [0.15, 0.2) is 0 Å². The standard InChI is InChI=1S/C14H18Cl2N2O2.ClH/c15-11-4-3-10(12(16)8-11)2-1-5-18-14(19)13-9-20-7-6-17-13;/h3-4,8,13,17H,1-2,5-7,9H2,(H,18,19);1H. The molecule has 1 unspecified atom stereocenters. The van der Waals surface area contributed by atoms with E-state index in [0.29, 0.717) is 29.8 Å². The van der Waals surface area contributed by atoms with Gasteiger partial charge in [0.2, 0.25) is 5.91 Å². The largest absolute Gasteiger partial charge is 0.378 e. The minimum Gasteiger partial charge on any atom is -0.378 e. The van der Waals surface area contributed by atoms with Crippen LogP contribution in [0.1, 0.15) is 12.0 Å². The predicted octanol–water partition coefficient (Wildman–Crippen LogP) is 2.45. The molecule has 118 valence electrons. The molecule has 1 fully saturated rings. The number of aryl methyl sites for hydroxylation is 1. The maximum absolute atomic E-state index is 11.8. The van der Waals surface area contributed by atoms with Crippen molar-refractivity contribution in [2.75, 3.05) is 26.3 Å². The van der Waals surface area contributed by atoms with Gasteiger partial charge in [0.1, 0.15) is 6.04 Å². The van der Waals surface area contributed by atoms with Crippen molar-refractivity contribution in [3.63, 3.8) is 0 Å². The number of hydrogen-bond donors (Lipinski definition) is 2. The molecule has 0 spiro atoms. The molecule has 1 atom stereocenters. The Labute approximate surface area is 140 Å². The van der Waals surface area contributed by atoms with Gasteiger partial charge < -0.3 is 15.4 Å². The van der Waals surface area contributed by atoms with Crippen LogP contribution in [-0.2, 0) is 16.0 Å². The number of carbonyl (C=O) groups is 1. The van der Waals surface area contributed by atoms with Crippen LogP contribution in [0.15, 0.2) is 18.2 Å². The van der Waals surface area contributed by atoms with Gasteiger partial charge in [-0.25, -0.2) is 0 Å². The summed E-state index contributed by atoms with van der Waals surface area (Å²) in [4.78, 5) is 11.8. The van der Waals surface area contributed by atoms with Crippen molar-refractivity contribution in [3.05, 3.63) is 33.8 Å². The molecule has 21 heavy (non-hydrogen) atoms. The Kier molecular flexibility index (Phi) is 8.37. The summed E-state index contributed by atoms with van der Waals surface area (Å²) < 4.78 is 5.25. The average Bonchev–Trinajstić information content (AvgIpc) is 2.46. The smallest absolute Gasteiger partial charge is 0.239 e. The molecule has 1 aromatic carbocycles. The quantitative estimate of drug-likeness (QED) is 0.800. The Morgan fingerprint density at radius 1 is 1.43 bits per heavy atom. The molecule has 1 saturated heterocycles. The Morgan fingerprint density at radius 3 is 2.90 bits per heavy atom. The highest BCUT2D eigenvalue weighted by atomic mass is 35.5. The first-order chi connectivity index (χ1) is 9.66. The molecule has 1 aromatic rings. The van der Waals surface area contributed by atoms with Crippen molar-refractivity contribution < 1.29 is 9.53 Å². The molecule has 0 saturated carbocycles. The molecule has 2 N–H and O–H groups in total. The second kappa shape index (κ2) is 9.49. The highest BCUT2D eigenvalue weighted by Crippen LogP contribution is 2.21. The lowest BCUT2D eigenvalue weighted by molar-refractivity contribution is -0.125. The zero-order chi connectivity index (χ0) is 14.4. The number of nitrogens with one attached hydrogen (secondary N) is 2. The van der Waals surface area contributed by atoms with E-state index in [4.69, 9.17) is 27.9 Å². The zero-order valence-electron chi connectivity index (χ0n) is 11.5. The van der Waals surface area contributed by atoms with Crippen molar-refractivity contribution in [1.29, 1.82) is 0 Å². The van der Waals surface area contributed by atoms with Gasteiger partial charge in [0, 0.05) is 23.1 Å². The van der Waals surface area contributed by atoms with Crippen LogP contribution in [0, 0.1) is 0 Å². The van der Waals surface area contributed by atoms with E-state index in [1.54, 1.807) is 6.07 Å². The van der Waals surface area contributed by atoms with Crippen molar-refractivity contribution in [2.45, 2.75) is 18.9 Å². The molecule has 0 bridgehead atoms. The third kappa shape index (κ3) is 6.01. The molecular formula is C14H19Cl3N2O2. The van der Waals surface area contributed by atoms with Crippen LogP contribution in [0.2, 0.25) is 10.0 Å². The third-order valence-corrected chi connectivity index (χ3v) is 3.76. The Balaban J connectivity index is 0.00000220. The van der Waals surface area contributed by atoms with Crippen LogP contribution in [0.5, 0.6) is 0 Å². The number of amides is 1. The highest BCUT2D eigenvalue weighted by molar-refractivity contribution is 6.35. The first-order valence-corrected chi connectivity index (χ1v) is 7.45. The van der Waals surface area contributed by atoms with Gasteiger partial charge >= 0.3 is 0 Å². The molecule has 0 aromatic heterocycles. The number of halogens is 3. The number of benzene rings is 1. The molecule has 1 heterocycles. The lowest BCUT2D eigenvalue weighted by Crippen LogP contribution is -2.51. The van der Waals surface area contributed by atoms with E-state index in [9.17, 15) is 4.79 Å². The minimum atomic E-state index is -0.233. The molecule has 1 aliphatic heterocycles. The average molecular weight is 354 g/mol.